The lowest BCUT2D eigenvalue weighted by Crippen LogP contribution is -2.42. The van der Waals surface area contributed by atoms with E-state index in [0.29, 0.717) is 31.5 Å². The first-order valence-electron chi connectivity index (χ1n) is 10.7. The third-order valence-electron chi connectivity index (χ3n) is 5.51. The van der Waals surface area contributed by atoms with E-state index in [1.165, 1.54) is 28.6 Å². The van der Waals surface area contributed by atoms with Gasteiger partial charge in [-0.25, -0.2) is 13.2 Å². The van der Waals surface area contributed by atoms with E-state index in [2.05, 4.69) is 5.32 Å². The zero-order valence-corrected chi connectivity index (χ0v) is 19.5. The summed E-state index contributed by atoms with van der Waals surface area (Å²) in [5.41, 5.74) is 2.27. The Morgan fingerprint density at radius 1 is 1.00 bits per heavy atom. The predicted octanol–water partition coefficient (Wildman–Crippen LogP) is 3.13. The summed E-state index contributed by atoms with van der Waals surface area (Å²) in [4.78, 5) is 24.4. The molecular weight excluding hydrogens is 428 g/mol. The number of carbonyl (C=O) groups is 2. The molecule has 32 heavy (non-hydrogen) atoms. The van der Waals surface area contributed by atoms with Crippen molar-refractivity contribution in [2.24, 2.45) is 11.8 Å². The van der Waals surface area contributed by atoms with Gasteiger partial charge in [0.25, 0.3) is 5.91 Å². The first-order valence-corrected chi connectivity index (χ1v) is 12.2. The monoisotopic (exact) mass is 458 g/mol. The zero-order valence-electron chi connectivity index (χ0n) is 18.7. The van der Waals surface area contributed by atoms with Crippen LogP contribution in [0.15, 0.2) is 53.4 Å². The molecule has 1 fully saturated rings. The van der Waals surface area contributed by atoms with Crippen molar-refractivity contribution in [3.63, 3.8) is 0 Å². The number of rotatable bonds is 7. The quantitative estimate of drug-likeness (QED) is 0.644. The Bertz CT molecular complexity index is 1040. The molecule has 1 amide bonds. The maximum atomic E-state index is 12.9. The van der Waals surface area contributed by atoms with E-state index in [0.717, 1.165) is 17.5 Å². The largest absolute Gasteiger partial charge is 0.452 e. The lowest BCUT2D eigenvalue weighted by molar-refractivity contribution is -0.124. The summed E-state index contributed by atoms with van der Waals surface area (Å²) in [6.45, 7) is 7.01. The fraction of sp³-hybridized carbons (Fsp3) is 0.417. The molecule has 8 heteroatoms. The molecule has 0 aliphatic carbocycles. The first-order chi connectivity index (χ1) is 15.1. The maximum Gasteiger partial charge on any atom is 0.338 e. The minimum absolute atomic E-state index is 0.145. The summed E-state index contributed by atoms with van der Waals surface area (Å²) < 4.78 is 32.4. The normalized spacial score (nSPS) is 19.3. The molecule has 1 aliphatic heterocycles. The number of nitrogens with zero attached hydrogens (tertiary/aromatic N) is 1. The van der Waals surface area contributed by atoms with Crippen molar-refractivity contribution < 1.29 is 22.7 Å². The van der Waals surface area contributed by atoms with E-state index in [1.54, 1.807) is 0 Å². The van der Waals surface area contributed by atoms with Gasteiger partial charge in [0.15, 0.2) is 6.61 Å². The van der Waals surface area contributed by atoms with Crippen LogP contribution in [0.2, 0.25) is 0 Å². The Labute approximate surface area is 189 Å². The molecule has 0 spiro atoms. The highest BCUT2D eigenvalue weighted by Gasteiger charge is 2.31. The van der Waals surface area contributed by atoms with Crippen LogP contribution in [-0.2, 0) is 26.1 Å². The Kier molecular flexibility index (Phi) is 7.69. The van der Waals surface area contributed by atoms with Crippen LogP contribution in [0.1, 0.15) is 41.8 Å². The van der Waals surface area contributed by atoms with Crippen molar-refractivity contribution in [1.82, 2.24) is 9.62 Å². The highest BCUT2D eigenvalue weighted by molar-refractivity contribution is 7.89. The Balaban J connectivity index is 1.53. The third-order valence-corrected chi connectivity index (χ3v) is 7.35. The Morgan fingerprint density at radius 3 is 2.19 bits per heavy atom. The number of piperidine rings is 1. The average Bonchev–Trinajstić information content (AvgIpc) is 2.76. The zero-order chi connectivity index (χ0) is 23.3. The van der Waals surface area contributed by atoms with Gasteiger partial charge in [-0.1, -0.05) is 43.7 Å². The number of sulfonamides is 1. The van der Waals surface area contributed by atoms with E-state index < -0.39 is 28.5 Å². The van der Waals surface area contributed by atoms with Crippen molar-refractivity contribution in [2.75, 3.05) is 19.7 Å². The molecule has 1 heterocycles. The van der Waals surface area contributed by atoms with Crippen LogP contribution in [0.3, 0.4) is 0 Å². The molecule has 0 radical (unpaired) electrons. The summed E-state index contributed by atoms with van der Waals surface area (Å²) in [7, 11) is -3.62. The Hall–Kier alpha value is -2.71. The van der Waals surface area contributed by atoms with Gasteiger partial charge in [0.05, 0.1) is 10.5 Å². The molecule has 0 aromatic heterocycles. The van der Waals surface area contributed by atoms with Crippen molar-refractivity contribution in [2.45, 2.75) is 38.6 Å². The maximum absolute atomic E-state index is 12.9. The van der Waals surface area contributed by atoms with Gasteiger partial charge >= 0.3 is 5.97 Å². The minimum atomic E-state index is -3.62. The van der Waals surface area contributed by atoms with Crippen molar-refractivity contribution >= 4 is 21.9 Å². The van der Waals surface area contributed by atoms with Crippen LogP contribution in [0.5, 0.6) is 0 Å². The van der Waals surface area contributed by atoms with Gasteiger partial charge in [0, 0.05) is 19.6 Å². The van der Waals surface area contributed by atoms with Crippen LogP contribution >= 0.6 is 0 Å². The van der Waals surface area contributed by atoms with Crippen molar-refractivity contribution in [3.05, 3.63) is 65.2 Å². The molecule has 3 rings (SSSR count). The number of aryl methyl sites for hydroxylation is 1. The molecule has 1 aliphatic rings. The molecule has 0 bridgehead atoms. The van der Waals surface area contributed by atoms with E-state index >= 15 is 0 Å². The first kappa shape index (κ1) is 23.9. The van der Waals surface area contributed by atoms with Gasteiger partial charge in [-0.2, -0.15) is 4.31 Å². The standard InChI is InChI=1S/C24H30N2O5S/c1-17-4-6-20(7-5-17)13-25-23(27)16-31-24(28)21-8-10-22(11-9-21)32(29,30)26-14-18(2)12-19(3)15-26/h4-11,18-19H,12-16H2,1-3H3,(H,25,27)/t18-,19-/m1/s1. The minimum Gasteiger partial charge on any atom is -0.452 e. The molecule has 7 nitrogen and oxygen atoms in total. The fourth-order valence-corrected chi connectivity index (χ4v) is 5.57. The number of amides is 1. The van der Waals surface area contributed by atoms with E-state index in [9.17, 15) is 18.0 Å². The number of esters is 1. The van der Waals surface area contributed by atoms with Crippen molar-refractivity contribution in [3.8, 4) is 0 Å². The summed E-state index contributed by atoms with van der Waals surface area (Å²) in [5, 5.41) is 2.70. The van der Waals surface area contributed by atoms with Gasteiger partial charge in [0.2, 0.25) is 10.0 Å². The SMILES string of the molecule is Cc1ccc(CNC(=O)COC(=O)c2ccc(S(=O)(=O)N3C[C@H](C)C[C@@H](C)C3)cc2)cc1. The van der Waals surface area contributed by atoms with Gasteiger partial charge in [-0.15, -0.1) is 0 Å². The third kappa shape index (κ3) is 6.17. The van der Waals surface area contributed by atoms with Gasteiger partial charge in [0.1, 0.15) is 0 Å². The summed E-state index contributed by atoms with van der Waals surface area (Å²) in [6.07, 6.45) is 1.01. The van der Waals surface area contributed by atoms with Gasteiger partial charge < -0.3 is 10.1 Å². The number of hydrogen-bond acceptors (Lipinski definition) is 5. The van der Waals surface area contributed by atoms with E-state index in [-0.39, 0.29) is 10.5 Å². The summed E-state index contributed by atoms with van der Waals surface area (Å²) in [6, 6.07) is 13.4. The molecule has 0 unspecified atom stereocenters. The fourth-order valence-electron chi connectivity index (χ4n) is 3.89. The van der Waals surface area contributed by atoms with Crippen LogP contribution in [-0.4, -0.2) is 44.3 Å². The van der Waals surface area contributed by atoms with Crippen LogP contribution in [0, 0.1) is 18.8 Å². The summed E-state index contributed by atoms with van der Waals surface area (Å²) >= 11 is 0. The smallest absolute Gasteiger partial charge is 0.338 e. The molecule has 2 aromatic rings. The van der Waals surface area contributed by atoms with Crippen LogP contribution < -0.4 is 5.32 Å². The second-order valence-corrected chi connectivity index (χ2v) is 10.6. The van der Waals surface area contributed by atoms with Crippen LogP contribution in [0.25, 0.3) is 0 Å². The van der Waals surface area contributed by atoms with E-state index in [4.69, 9.17) is 4.74 Å². The lowest BCUT2D eigenvalue weighted by Gasteiger charge is -2.34. The molecule has 1 saturated heterocycles. The molecule has 2 atom stereocenters. The van der Waals surface area contributed by atoms with E-state index in [1.807, 2.05) is 45.0 Å². The predicted molar refractivity (Wildman–Crippen MR) is 121 cm³/mol. The molecule has 1 N–H and O–H groups in total. The second-order valence-electron chi connectivity index (χ2n) is 8.63. The molecule has 172 valence electrons. The molecular formula is C24H30N2O5S. The number of ether oxygens (including phenoxy) is 1. The number of hydrogen-bond donors (Lipinski definition) is 1. The number of carbonyl (C=O) groups excluding carboxylic acids is 2. The molecule has 2 aromatic carbocycles. The van der Waals surface area contributed by atoms with Crippen molar-refractivity contribution in [1.29, 1.82) is 0 Å². The average molecular weight is 459 g/mol. The molecule has 0 saturated carbocycles. The number of benzene rings is 2. The summed E-state index contributed by atoms with van der Waals surface area (Å²) in [5.74, 6) is -0.481. The van der Waals surface area contributed by atoms with Gasteiger partial charge in [-0.3, -0.25) is 4.79 Å². The lowest BCUT2D eigenvalue weighted by atomic mass is 9.94. The van der Waals surface area contributed by atoms with Gasteiger partial charge in [-0.05, 0) is 55.0 Å². The second kappa shape index (κ2) is 10.3. The highest BCUT2D eigenvalue weighted by atomic mass is 32.2. The number of nitrogens with one attached hydrogen (secondary N) is 1. The topological polar surface area (TPSA) is 92.8 Å². The van der Waals surface area contributed by atoms with Crippen LogP contribution in [0.4, 0.5) is 0 Å². The Morgan fingerprint density at radius 2 is 1.59 bits per heavy atom. The highest BCUT2D eigenvalue weighted by Crippen LogP contribution is 2.26.